The van der Waals surface area contributed by atoms with Crippen molar-refractivity contribution in [2.75, 3.05) is 27.2 Å². The van der Waals surface area contributed by atoms with Crippen molar-refractivity contribution in [3.8, 4) is 5.75 Å². The van der Waals surface area contributed by atoms with Crippen molar-refractivity contribution >= 4 is 5.97 Å². The second-order valence-corrected chi connectivity index (χ2v) is 10.6. The topological polar surface area (TPSA) is 35.5 Å². The van der Waals surface area contributed by atoms with Gasteiger partial charge < -0.3 is 14.0 Å². The van der Waals surface area contributed by atoms with Gasteiger partial charge in [-0.2, -0.15) is 0 Å². The average molecular weight is 483 g/mol. The zero-order chi connectivity index (χ0) is 25.5. The van der Waals surface area contributed by atoms with Crippen molar-refractivity contribution in [3.05, 3.63) is 65.7 Å². The summed E-state index contributed by atoms with van der Waals surface area (Å²) in [5.74, 6) is 0.515. The molecule has 4 nitrogen and oxygen atoms in total. The number of hydrogen-bond acceptors (Lipinski definition) is 3. The molecule has 0 bridgehead atoms. The summed E-state index contributed by atoms with van der Waals surface area (Å²) in [5.41, 5.74) is 2.63. The van der Waals surface area contributed by atoms with E-state index >= 15 is 0 Å². The van der Waals surface area contributed by atoms with E-state index in [1.54, 1.807) is 0 Å². The summed E-state index contributed by atoms with van der Waals surface area (Å²) >= 11 is 0. The maximum absolute atomic E-state index is 12.7. The SMILES string of the molecule is CCCCCCCCc1ccc(OC(CC)COC(=O)C(C)C[N+](C)(C)Cc2ccccc2)cc1. The number of carbonyl (C=O) groups excluding carboxylic acids is 1. The Morgan fingerprint density at radius 3 is 2.17 bits per heavy atom. The molecule has 0 radical (unpaired) electrons. The third kappa shape index (κ3) is 11.8. The quantitative estimate of drug-likeness (QED) is 0.136. The maximum atomic E-state index is 12.7. The van der Waals surface area contributed by atoms with E-state index in [1.807, 2.05) is 25.1 Å². The van der Waals surface area contributed by atoms with E-state index in [2.05, 4.69) is 64.3 Å². The average Bonchev–Trinajstić information content (AvgIpc) is 2.84. The number of rotatable bonds is 17. The Balaban J connectivity index is 1.73. The van der Waals surface area contributed by atoms with Crippen molar-refractivity contribution in [3.63, 3.8) is 0 Å². The number of quaternary nitrogens is 1. The first-order valence-corrected chi connectivity index (χ1v) is 13.6. The molecule has 2 aromatic rings. The molecule has 2 aromatic carbocycles. The summed E-state index contributed by atoms with van der Waals surface area (Å²) in [5, 5.41) is 0. The van der Waals surface area contributed by atoms with Gasteiger partial charge in [0, 0.05) is 5.56 Å². The van der Waals surface area contributed by atoms with Crippen molar-refractivity contribution in [2.24, 2.45) is 5.92 Å². The number of esters is 1. The molecule has 0 aliphatic carbocycles. The highest BCUT2D eigenvalue weighted by molar-refractivity contribution is 5.72. The minimum absolute atomic E-state index is 0.137. The minimum atomic E-state index is -0.174. The number of nitrogens with zero attached hydrogens (tertiary/aromatic N) is 1. The van der Waals surface area contributed by atoms with E-state index < -0.39 is 0 Å². The molecule has 0 fully saturated rings. The van der Waals surface area contributed by atoms with E-state index in [9.17, 15) is 4.79 Å². The predicted molar refractivity (Wildman–Crippen MR) is 145 cm³/mol. The van der Waals surface area contributed by atoms with E-state index in [0.717, 1.165) is 36.2 Å². The zero-order valence-electron chi connectivity index (χ0n) is 22.8. The van der Waals surface area contributed by atoms with Crippen LogP contribution in [-0.2, 0) is 22.5 Å². The highest BCUT2D eigenvalue weighted by atomic mass is 16.6. The van der Waals surface area contributed by atoms with Gasteiger partial charge in [-0.3, -0.25) is 4.79 Å². The first-order valence-electron chi connectivity index (χ1n) is 13.6. The number of aryl methyl sites for hydroxylation is 1. The summed E-state index contributed by atoms with van der Waals surface area (Å²) < 4.78 is 12.5. The highest BCUT2D eigenvalue weighted by Crippen LogP contribution is 2.18. The van der Waals surface area contributed by atoms with Crippen LogP contribution in [0.1, 0.15) is 76.8 Å². The van der Waals surface area contributed by atoms with Crippen LogP contribution in [0.3, 0.4) is 0 Å². The maximum Gasteiger partial charge on any atom is 0.314 e. The van der Waals surface area contributed by atoms with E-state index in [4.69, 9.17) is 9.47 Å². The van der Waals surface area contributed by atoms with Gasteiger partial charge in [0.1, 0.15) is 30.9 Å². The van der Waals surface area contributed by atoms with Crippen molar-refractivity contribution in [2.45, 2.75) is 84.8 Å². The molecule has 0 aliphatic heterocycles. The number of hydrogen-bond donors (Lipinski definition) is 0. The van der Waals surface area contributed by atoms with Gasteiger partial charge >= 0.3 is 5.97 Å². The largest absolute Gasteiger partial charge is 0.487 e. The van der Waals surface area contributed by atoms with Gasteiger partial charge in [0.2, 0.25) is 0 Å². The third-order valence-electron chi connectivity index (χ3n) is 6.54. The first kappa shape index (κ1) is 28.9. The smallest absolute Gasteiger partial charge is 0.314 e. The van der Waals surface area contributed by atoms with Crippen molar-refractivity contribution in [1.82, 2.24) is 0 Å². The van der Waals surface area contributed by atoms with Gasteiger partial charge in [0.05, 0.1) is 20.6 Å². The fourth-order valence-corrected chi connectivity index (χ4v) is 4.55. The van der Waals surface area contributed by atoms with Crippen LogP contribution in [0.5, 0.6) is 5.75 Å². The number of ether oxygens (including phenoxy) is 2. The molecule has 2 rings (SSSR count). The summed E-state index contributed by atoms with van der Waals surface area (Å²) in [7, 11) is 4.32. The molecular weight excluding hydrogens is 434 g/mol. The number of unbranched alkanes of at least 4 members (excludes halogenated alkanes) is 5. The second kappa shape index (κ2) is 15.6. The molecule has 0 aromatic heterocycles. The lowest BCUT2D eigenvalue weighted by Crippen LogP contribution is -2.44. The molecule has 0 N–H and O–H groups in total. The molecule has 35 heavy (non-hydrogen) atoms. The molecule has 194 valence electrons. The highest BCUT2D eigenvalue weighted by Gasteiger charge is 2.26. The monoisotopic (exact) mass is 482 g/mol. The lowest BCUT2D eigenvalue weighted by atomic mass is 10.0. The van der Waals surface area contributed by atoms with Gasteiger partial charge in [0.25, 0.3) is 0 Å². The Labute approximate surface area is 214 Å². The molecular formula is C31H48NO3+. The van der Waals surface area contributed by atoms with Crippen LogP contribution in [0.2, 0.25) is 0 Å². The van der Waals surface area contributed by atoms with E-state index in [1.165, 1.54) is 49.7 Å². The fraction of sp³-hybridized carbons (Fsp3) is 0.581. The van der Waals surface area contributed by atoms with Crippen LogP contribution >= 0.6 is 0 Å². The molecule has 4 heteroatoms. The van der Waals surface area contributed by atoms with Gasteiger partial charge in [0.15, 0.2) is 0 Å². The Morgan fingerprint density at radius 2 is 1.51 bits per heavy atom. The van der Waals surface area contributed by atoms with Crippen LogP contribution in [0.4, 0.5) is 0 Å². The van der Waals surface area contributed by atoms with Crippen molar-refractivity contribution in [1.29, 1.82) is 0 Å². The number of benzene rings is 2. The summed E-state index contributed by atoms with van der Waals surface area (Å²) in [6.45, 7) is 8.17. The Kier molecular flexibility index (Phi) is 12.9. The fourth-order valence-electron chi connectivity index (χ4n) is 4.55. The lowest BCUT2D eigenvalue weighted by molar-refractivity contribution is -0.905. The summed E-state index contributed by atoms with van der Waals surface area (Å²) in [6.07, 6.45) is 9.68. The van der Waals surface area contributed by atoms with Crippen LogP contribution in [-0.4, -0.2) is 43.8 Å². The van der Waals surface area contributed by atoms with Crippen LogP contribution in [0.25, 0.3) is 0 Å². The van der Waals surface area contributed by atoms with Gasteiger partial charge in [-0.15, -0.1) is 0 Å². The first-order chi connectivity index (χ1) is 16.8. The standard InChI is InChI=1S/C31H48NO3/c1-6-8-9-10-11-13-16-27-19-21-30(22-20-27)35-29(7-2)25-34-31(33)26(3)23-32(4,5)24-28-17-14-12-15-18-28/h12,14-15,17-22,26,29H,6-11,13,16,23-25H2,1-5H3/q+1. The van der Waals surface area contributed by atoms with E-state index in [-0.39, 0.29) is 24.6 Å². The van der Waals surface area contributed by atoms with E-state index in [0.29, 0.717) is 0 Å². The Morgan fingerprint density at radius 1 is 0.857 bits per heavy atom. The minimum Gasteiger partial charge on any atom is -0.487 e. The molecule has 0 aliphatic rings. The van der Waals surface area contributed by atoms with Gasteiger partial charge in [-0.05, 0) is 43.9 Å². The molecule has 0 saturated carbocycles. The molecule has 0 amide bonds. The molecule has 2 unspecified atom stereocenters. The summed E-state index contributed by atoms with van der Waals surface area (Å²) in [6, 6.07) is 18.8. The normalized spacial score (nSPS) is 13.3. The molecule has 2 atom stereocenters. The Bertz CT molecular complexity index is 832. The third-order valence-corrected chi connectivity index (χ3v) is 6.54. The summed E-state index contributed by atoms with van der Waals surface area (Å²) in [4.78, 5) is 12.7. The van der Waals surface area contributed by atoms with Crippen molar-refractivity contribution < 1.29 is 18.8 Å². The lowest BCUT2D eigenvalue weighted by Gasteiger charge is -2.32. The molecule has 0 saturated heterocycles. The second-order valence-electron chi connectivity index (χ2n) is 10.6. The Hall–Kier alpha value is -2.33. The zero-order valence-corrected chi connectivity index (χ0v) is 22.8. The number of carbonyl (C=O) groups is 1. The predicted octanol–water partition coefficient (Wildman–Crippen LogP) is 7.20. The van der Waals surface area contributed by atoms with Gasteiger partial charge in [-0.1, -0.05) is 88.4 Å². The van der Waals surface area contributed by atoms with Crippen LogP contribution < -0.4 is 4.74 Å². The van der Waals surface area contributed by atoms with Crippen LogP contribution in [0, 0.1) is 5.92 Å². The molecule has 0 heterocycles. The van der Waals surface area contributed by atoms with Crippen LogP contribution in [0.15, 0.2) is 54.6 Å². The van der Waals surface area contributed by atoms with Gasteiger partial charge in [-0.25, -0.2) is 0 Å². The molecule has 0 spiro atoms.